The van der Waals surface area contributed by atoms with Crippen molar-refractivity contribution in [1.82, 2.24) is 4.90 Å². The van der Waals surface area contributed by atoms with Gasteiger partial charge in [0.2, 0.25) is 0 Å². The van der Waals surface area contributed by atoms with Crippen LogP contribution in [-0.4, -0.2) is 109 Å². The molecule has 0 aromatic carbocycles. The second kappa shape index (κ2) is 6.72. The van der Waals surface area contributed by atoms with E-state index in [1.165, 1.54) is 0 Å². The van der Waals surface area contributed by atoms with Gasteiger partial charge in [0, 0.05) is 6.04 Å². The molecule has 0 radical (unpaired) electrons. The fourth-order valence-corrected chi connectivity index (χ4v) is 3.11. The summed E-state index contributed by atoms with van der Waals surface area (Å²) < 4.78 is 5.31. The number of rotatable bonds is 4. The number of likely N-dealkylation sites (tertiary alicyclic amines) is 1. The fourth-order valence-electron chi connectivity index (χ4n) is 3.11. The number of nitrogens with zero attached hydrogens (tertiary/aromatic N) is 1. The molecule has 8 atom stereocenters. The molecule has 10 heteroatoms. The maximum Gasteiger partial charge on any atom is 0.323 e. The number of hydrogen-bond donors (Lipinski definition) is 7. The van der Waals surface area contributed by atoms with Crippen molar-refractivity contribution in [2.45, 2.75) is 55.3 Å². The standard InChI is InChI=1S/C12H21NO9/c14-2-4-1-5(16)7(12(20)21)13(4)11-10(19)9(18)8(17)6(3-15)22-11/h4-11,14-19H,1-3H2,(H,20,21)/t4-,5+,6-,7?,8-,9+,10-,11?/m1/s1. The van der Waals surface area contributed by atoms with Gasteiger partial charge in [-0.3, -0.25) is 9.69 Å². The van der Waals surface area contributed by atoms with Crippen molar-refractivity contribution in [2.75, 3.05) is 13.2 Å². The summed E-state index contributed by atoms with van der Waals surface area (Å²) in [6, 6.07) is -2.25. The highest BCUT2D eigenvalue weighted by Gasteiger charge is 2.54. The highest BCUT2D eigenvalue weighted by Crippen LogP contribution is 2.33. The molecular weight excluding hydrogens is 302 g/mol. The van der Waals surface area contributed by atoms with E-state index in [1.54, 1.807) is 0 Å². The summed E-state index contributed by atoms with van der Waals surface area (Å²) in [6.07, 6.45) is -8.84. The molecule has 0 aliphatic carbocycles. The fraction of sp³-hybridized carbons (Fsp3) is 0.917. The molecule has 10 nitrogen and oxygen atoms in total. The van der Waals surface area contributed by atoms with Crippen LogP contribution in [0.15, 0.2) is 0 Å². The minimum Gasteiger partial charge on any atom is -0.480 e. The molecule has 2 aliphatic rings. The molecule has 2 rings (SSSR count). The number of carboxylic acid groups (broad SMARTS) is 1. The zero-order valence-corrected chi connectivity index (χ0v) is 11.6. The van der Waals surface area contributed by atoms with Gasteiger partial charge in [-0.2, -0.15) is 0 Å². The van der Waals surface area contributed by atoms with Gasteiger partial charge in [-0.25, -0.2) is 0 Å². The lowest BCUT2D eigenvalue weighted by atomic mass is 9.97. The lowest BCUT2D eigenvalue weighted by molar-refractivity contribution is -0.273. The summed E-state index contributed by atoms with van der Waals surface area (Å²) >= 11 is 0. The monoisotopic (exact) mass is 323 g/mol. The van der Waals surface area contributed by atoms with Crippen molar-refractivity contribution >= 4 is 5.97 Å². The number of carbonyl (C=O) groups is 1. The van der Waals surface area contributed by atoms with E-state index in [1.807, 2.05) is 0 Å². The van der Waals surface area contributed by atoms with Crippen LogP contribution in [0.2, 0.25) is 0 Å². The van der Waals surface area contributed by atoms with E-state index >= 15 is 0 Å². The van der Waals surface area contributed by atoms with Crippen molar-refractivity contribution in [2.24, 2.45) is 0 Å². The van der Waals surface area contributed by atoms with Gasteiger partial charge in [0.05, 0.1) is 19.3 Å². The third-order valence-electron chi connectivity index (χ3n) is 4.25. The molecule has 2 unspecified atom stereocenters. The zero-order chi connectivity index (χ0) is 16.6. The SMILES string of the molecule is O=C(O)C1[C@@H](O)C[C@H](CO)N1C1O[C@H](CO)[C@@H](O)[C@H](O)[C@H]1O. The van der Waals surface area contributed by atoms with Gasteiger partial charge >= 0.3 is 5.97 Å². The molecule has 128 valence electrons. The lowest BCUT2D eigenvalue weighted by Crippen LogP contribution is -2.66. The van der Waals surface area contributed by atoms with E-state index in [2.05, 4.69) is 0 Å². The van der Waals surface area contributed by atoms with Gasteiger partial charge < -0.3 is 40.5 Å². The number of aliphatic hydroxyl groups excluding tert-OH is 6. The summed E-state index contributed by atoms with van der Waals surface area (Å²) in [5, 5.41) is 67.2. The molecule has 0 amide bonds. The Kier molecular flexibility index (Phi) is 5.35. The van der Waals surface area contributed by atoms with Crippen molar-refractivity contribution in [3.63, 3.8) is 0 Å². The predicted molar refractivity (Wildman–Crippen MR) is 68.5 cm³/mol. The van der Waals surface area contributed by atoms with E-state index < -0.39 is 68.0 Å². The Hall–Kier alpha value is -0.850. The maximum atomic E-state index is 11.3. The molecule has 0 aromatic heterocycles. The Morgan fingerprint density at radius 2 is 1.68 bits per heavy atom. The summed E-state index contributed by atoms with van der Waals surface area (Å²) in [6.45, 7) is -1.14. The Labute approximate surface area is 125 Å². The van der Waals surface area contributed by atoms with Crippen molar-refractivity contribution < 1.29 is 45.3 Å². The number of aliphatic carboxylic acids is 1. The van der Waals surface area contributed by atoms with Crippen LogP contribution >= 0.6 is 0 Å². The van der Waals surface area contributed by atoms with Crippen LogP contribution in [0.1, 0.15) is 6.42 Å². The van der Waals surface area contributed by atoms with E-state index in [-0.39, 0.29) is 6.42 Å². The van der Waals surface area contributed by atoms with Crippen LogP contribution in [0.3, 0.4) is 0 Å². The Morgan fingerprint density at radius 3 is 2.18 bits per heavy atom. The van der Waals surface area contributed by atoms with E-state index in [4.69, 9.17) is 9.84 Å². The average molecular weight is 323 g/mol. The van der Waals surface area contributed by atoms with E-state index in [0.717, 1.165) is 4.90 Å². The second-order valence-corrected chi connectivity index (χ2v) is 5.59. The first kappa shape index (κ1) is 17.5. The molecule has 2 saturated heterocycles. The van der Waals surface area contributed by atoms with E-state index in [9.17, 15) is 35.4 Å². The highest BCUT2D eigenvalue weighted by molar-refractivity contribution is 5.75. The Balaban J connectivity index is 2.31. The van der Waals surface area contributed by atoms with Crippen molar-refractivity contribution in [3.8, 4) is 0 Å². The minimum atomic E-state index is -1.67. The van der Waals surface area contributed by atoms with Gasteiger partial charge in [-0.1, -0.05) is 0 Å². The number of carboxylic acids is 1. The number of aliphatic hydroxyl groups is 6. The van der Waals surface area contributed by atoms with Crippen LogP contribution in [0.4, 0.5) is 0 Å². The van der Waals surface area contributed by atoms with Crippen LogP contribution < -0.4 is 0 Å². The second-order valence-electron chi connectivity index (χ2n) is 5.59. The molecule has 0 spiro atoms. The number of ether oxygens (including phenoxy) is 1. The lowest BCUT2D eigenvalue weighted by Gasteiger charge is -2.46. The first-order chi connectivity index (χ1) is 10.3. The molecule has 0 saturated carbocycles. The first-order valence-electron chi connectivity index (χ1n) is 6.93. The van der Waals surface area contributed by atoms with Gasteiger partial charge in [0.15, 0.2) is 0 Å². The van der Waals surface area contributed by atoms with Crippen molar-refractivity contribution in [1.29, 1.82) is 0 Å². The summed E-state index contributed by atoms with van der Waals surface area (Å²) in [4.78, 5) is 12.4. The van der Waals surface area contributed by atoms with Crippen LogP contribution in [-0.2, 0) is 9.53 Å². The Morgan fingerprint density at radius 1 is 1.05 bits per heavy atom. The molecule has 22 heavy (non-hydrogen) atoms. The quantitative estimate of drug-likeness (QED) is 0.268. The number of hydrogen-bond acceptors (Lipinski definition) is 9. The van der Waals surface area contributed by atoms with Gasteiger partial charge in [-0.05, 0) is 6.42 Å². The van der Waals surface area contributed by atoms with Crippen LogP contribution in [0.5, 0.6) is 0 Å². The normalized spacial score (nSPS) is 46.8. The molecule has 2 aliphatic heterocycles. The molecule has 2 heterocycles. The predicted octanol–water partition coefficient (Wildman–Crippen LogP) is -4.33. The van der Waals surface area contributed by atoms with Crippen LogP contribution in [0, 0.1) is 0 Å². The molecule has 0 bridgehead atoms. The molecular formula is C12H21NO9. The highest BCUT2D eigenvalue weighted by atomic mass is 16.6. The first-order valence-corrected chi connectivity index (χ1v) is 6.93. The topological polar surface area (TPSA) is 171 Å². The zero-order valence-electron chi connectivity index (χ0n) is 11.6. The Bertz CT molecular complexity index is 406. The molecule has 7 N–H and O–H groups in total. The van der Waals surface area contributed by atoms with Gasteiger partial charge in [0.1, 0.15) is 36.7 Å². The molecule has 2 fully saturated rings. The third-order valence-corrected chi connectivity index (χ3v) is 4.25. The van der Waals surface area contributed by atoms with Crippen molar-refractivity contribution in [3.05, 3.63) is 0 Å². The summed E-state index contributed by atoms with van der Waals surface area (Å²) in [5.41, 5.74) is 0. The smallest absolute Gasteiger partial charge is 0.323 e. The molecule has 0 aromatic rings. The van der Waals surface area contributed by atoms with Gasteiger partial charge in [-0.15, -0.1) is 0 Å². The van der Waals surface area contributed by atoms with E-state index in [0.29, 0.717) is 0 Å². The maximum absolute atomic E-state index is 11.3. The minimum absolute atomic E-state index is 0.0531. The summed E-state index contributed by atoms with van der Waals surface area (Å²) in [7, 11) is 0. The summed E-state index contributed by atoms with van der Waals surface area (Å²) in [5.74, 6) is -1.37. The largest absolute Gasteiger partial charge is 0.480 e. The van der Waals surface area contributed by atoms with Crippen LogP contribution in [0.25, 0.3) is 0 Å². The third kappa shape index (κ3) is 2.84. The average Bonchev–Trinajstić information content (AvgIpc) is 2.82. The van der Waals surface area contributed by atoms with Gasteiger partial charge in [0.25, 0.3) is 0 Å².